The lowest BCUT2D eigenvalue weighted by Crippen LogP contribution is -2.16. The van der Waals surface area contributed by atoms with Gasteiger partial charge in [0.15, 0.2) is 0 Å². The van der Waals surface area contributed by atoms with Crippen LogP contribution in [0.4, 0.5) is 15.9 Å². The number of halogens is 2. The van der Waals surface area contributed by atoms with E-state index in [1.807, 2.05) is 17.8 Å². The van der Waals surface area contributed by atoms with Crippen LogP contribution in [0.2, 0.25) is 5.02 Å². The third kappa shape index (κ3) is 4.53. The predicted molar refractivity (Wildman–Crippen MR) is 135 cm³/mol. The molecule has 2 atom stereocenters. The van der Waals surface area contributed by atoms with Crippen molar-refractivity contribution < 1.29 is 9.18 Å². The van der Waals surface area contributed by atoms with Gasteiger partial charge in [-0.25, -0.2) is 9.37 Å². The molecule has 3 N–H and O–H groups in total. The van der Waals surface area contributed by atoms with E-state index in [1.165, 1.54) is 28.4 Å². The van der Waals surface area contributed by atoms with E-state index in [2.05, 4.69) is 39.7 Å². The first kappa shape index (κ1) is 23.1. The van der Waals surface area contributed by atoms with Crippen LogP contribution in [0, 0.1) is 5.82 Å². The summed E-state index contributed by atoms with van der Waals surface area (Å²) in [7, 11) is 3.68. The minimum atomic E-state index is -0.545. The van der Waals surface area contributed by atoms with Gasteiger partial charge in [0.05, 0.1) is 22.7 Å². The fourth-order valence-electron chi connectivity index (χ4n) is 4.86. The van der Waals surface area contributed by atoms with Crippen molar-refractivity contribution in [1.29, 1.82) is 0 Å². The first-order valence-corrected chi connectivity index (χ1v) is 11.8. The molecule has 0 unspecified atom stereocenters. The summed E-state index contributed by atoms with van der Waals surface area (Å²) in [5.74, 6) is -0.147. The molecule has 2 heterocycles. The van der Waals surface area contributed by atoms with Crippen LogP contribution in [0.15, 0.2) is 55.0 Å². The standard InChI is InChI=1S/C26H26ClFN6O/c1-33-13-22(30-14-33)16-5-3-15(4-6-16)17-7-8-18(11-17)24-23(25(29)34(2)32-24)26(35)31-19-9-10-21(28)20(27)12-19/h3-6,9-10,12-14,17-18H,7-8,11,29H2,1-2H3,(H,31,35)/t17-,18+/m0/s1. The number of hydrogen-bond acceptors (Lipinski definition) is 4. The molecule has 180 valence electrons. The van der Waals surface area contributed by atoms with Crippen LogP contribution < -0.4 is 11.1 Å². The molecule has 0 aliphatic heterocycles. The van der Waals surface area contributed by atoms with E-state index in [0.29, 0.717) is 28.7 Å². The Morgan fingerprint density at radius 2 is 1.89 bits per heavy atom. The summed E-state index contributed by atoms with van der Waals surface area (Å²) < 4.78 is 17.0. The monoisotopic (exact) mass is 492 g/mol. The molecular formula is C26H26ClFN6O. The van der Waals surface area contributed by atoms with Crippen LogP contribution in [-0.2, 0) is 14.1 Å². The highest BCUT2D eigenvalue weighted by atomic mass is 35.5. The quantitative estimate of drug-likeness (QED) is 0.385. The molecule has 0 bridgehead atoms. The molecule has 5 rings (SSSR count). The highest BCUT2D eigenvalue weighted by Gasteiger charge is 2.33. The Labute approximate surface area is 207 Å². The van der Waals surface area contributed by atoms with Gasteiger partial charge in [0.2, 0.25) is 0 Å². The van der Waals surface area contributed by atoms with Gasteiger partial charge >= 0.3 is 0 Å². The molecule has 0 radical (unpaired) electrons. The number of carbonyl (C=O) groups excluding carboxylic acids is 1. The van der Waals surface area contributed by atoms with Gasteiger partial charge in [-0.15, -0.1) is 0 Å². The van der Waals surface area contributed by atoms with Gasteiger partial charge in [-0.3, -0.25) is 9.48 Å². The molecule has 1 amide bonds. The molecule has 0 saturated heterocycles. The first-order valence-electron chi connectivity index (χ1n) is 11.5. The van der Waals surface area contributed by atoms with E-state index < -0.39 is 5.82 Å². The number of benzene rings is 2. The van der Waals surface area contributed by atoms with Crippen LogP contribution in [-0.4, -0.2) is 25.2 Å². The molecule has 0 spiro atoms. The van der Waals surface area contributed by atoms with E-state index in [4.69, 9.17) is 17.3 Å². The molecular weight excluding hydrogens is 467 g/mol. The van der Waals surface area contributed by atoms with E-state index in [1.54, 1.807) is 13.4 Å². The molecule has 35 heavy (non-hydrogen) atoms. The molecule has 1 saturated carbocycles. The largest absolute Gasteiger partial charge is 0.383 e. The van der Waals surface area contributed by atoms with Crippen molar-refractivity contribution >= 4 is 29.0 Å². The second-order valence-corrected chi connectivity index (χ2v) is 9.51. The molecule has 4 aromatic rings. The number of hydrogen-bond donors (Lipinski definition) is 2. The van der Waals surface area contributed by atoms with Crippen LogP contribution in [0.25, 0.3) is 11.3 Å². The zero-order valence-electron chi connectivity index (χ0n) is 19.5. The van der Waals surface area contributed by atoms with Crippen molar-refractivity contribution in [3.8, 4) is 11.3 Å². The molecule has 1 fully saturated rings. The highest BCUT2D eigenvalue weighted by molar-refractivity contribution is 6.31. The van der Waals surface area contributed by atoms with Crippen molar-refractivity contribution in [2.24, 2.45) is 14.1 Å². The Kier molecular flexibility index (Phi) is 6.06. The van der Waals surface area contributed by atoms with Gasteiger partial charge in [0.25, 0.3) is 5.91 Å². The van der Waals surface area contributed by atoms with Crippen molar-refractivity contribution in [2.75, 3.05) is 11.1 Å². The van der Waals surface area contributed by atoms with E-state index in [0.717, 1.165) is 30.5 Å². The smallest absolute Gasteiger partial charge is 0.261 e. The number of aromatic nitrogens is 4. The maximum Gasteiger partial charge on any atom is 0.261 e. The fraction of sp³-hybridized carbons (Fsp3) is 0.269. The Morgan fingerprint density at radius 3 is 2.57 bits per heavy atom. The lowest BCUT2D eigenvalue weighted by Gasteiger charge is -2.13. The summed E-state index contributed by atoms with van der Waals surface area (Å²) in [6.45, 7) is 0. The summed E-state index contributed by atoms with van der Waals surface area (Å²) in [6.07, 6.45) is 6.58. The summed E-state index contributed by atoms with van der Waals surface area (Å²) in [6, 6.07) is 12.6. The lowest BCUT2D eigenvalue weighted by atomic mass is 9.93. The lowest BCUT2D eigenvalue weighted by molar-refractivity contribution is 0.102. The van der Waals surface area contributed by atoms with Gasteiger partial charge in [0, 0.05) is 37.5 Å². The van der Waals surface area contributed by atoms with Crippen molar-refractivity contribution in [3.63, 3.8) is 0 Å². The summed E-state index contributed by atoms with van der Waals surface area (Å²) in [5, 5.41) is 7.32. The zero-order valence-corrected chi connectivity index (χ0v) is 20.3. The fourth-order valence-corrected chi connectivity index (χ4v) is 5.05. The number of nitrogens with one attached hydrogen (secondary N) is 1. The maximum absolute atomic E-state index is 13.5. The van der Waals surface area contributed by atoms with Gasteiger partial charge in [0.1, 0.15) is 17.2 Å². The molecule has 1 aliphatic carbocycles. The normalized spacial score (nSPS) is 17.6. The summed E-state index contributed by atoms with van der Waals surface area (Å²) in [5.41, 5.74) is 11.0. The van der Waals surface area contributed by atoms with E-state index >= 15 is 0 Å². The number of nitrogens with two attached hydrogens (primary N) is 1. The zero-order chi connectivity index (χ0) is 24.7. The SMILES string of the molecule is Cn1cnc(-c2ccc([C@H]3CC[C@@H](c4nn(C)c(N)c4C(=O)Nc4ccc(F)c(Cl)c4)C3)cc2)c1. The Balaban J connectivity index is 1.34. The molecule has 7 nitrogen and oxygen atoms in total. The van der Waals surface area contributed by atoms with Gasteiger partial charge < -0.3 is 15.6 Å². The van der Waals surface area contributed by atoms with Crippen LogP contribution in [0.1, 0.15) is 52.7 Å². The van der Waals surface area contributed by atoms with Gasteiger partial charge in [-0.2, -0.15) is 5.10 Å². The van der Waals surface area contributed by atoms with Crippen molar-refractivity contribution in [1.82, 2.24) is 19.3 Å². The summed E-state index contributed by atoms with van der Waals surface area (Å²) in [4.78, 5) is 17.6. The van der Waals surface area contributed by atoms with Crippen molar-refractivity contribution in [3.05, 3.63) is 82.6 Å². The third-order valence-corrected chi connectivity index (χ3v) is 7.01. The van der Waals surface area contributed by atoms with Crippen LogP contribution >= 0.6 is 11.6 Å². The minimum Gasteiger partial charge on any atom is -0.383 e. The Morgan fingerprint density at radius 1 is 1.14 bits per heavy atom. The Bertz CT molecular complexity index is 1390. The molecule has 1 aliphatic rings. The number of amides is 1. The summed E-state index contributed by atoms with van der Waals surface area (Å²) >= 11 is 5.86. The first-order chi connectivity index (χ1) is 16.8. The van der Waals surface area contributed by atoms with Crippen LogP contribution in [0.3, 0.4) is 0 Å². The average molecular weight is 493 g/mol. The number of imidazole rings is 1. The van der Waals surface area contributed by atoms with Crippen molar-refractivity contribution in [2.45, 2.75) is 31.1 Å². The highest BCUT2D eigenvalue weighted by Crippen LogP contribution is 2.45. The van der Waals surface area contributed by atoms with E-state index in [9.17, 15) is 9.18 Å². The maximum atomic E-state index is 13.5. The third-order valence-electron chi connectivity index (χ3n) is 6.73. The number of nitrogens with zero attached hydrogens (tertiary/aromatic N) is 4. The number of rotatable bonds is 5. The second-order valence-electron chi connectivity index (χ2n) is 9.11. The van der Waals surface area contributed by atoms with Gasteiger partial charge in [-0.1, -0.05) is 35.9 Å². The van der Waals surface area contributed by atoms with Gasteiger partial charge in [-0.05, 0) is 48.9 Å². The predicted octanol–water partition coefficient (Wildman–Crippen LogP) is 5.50. The number of nitrogen functional groups attached to an aromatic ring is 1. The number of anilines is 2. The second kappa shape index (κ2) is 9.19. The van der Waals surface area contributed by atoms with Crippen LogP contribution in [0.5, 0.6) is 0 Å². The molecule has 2 aromatic carbocycles. The average Bonchev–Trinajstić information content (AvgIpc) is 3.56. The minimum absolute atomic E-state index is 0.0603. The molecule has 9 heteroatoms. The molecule has 2 aromatic heterocycles. The number of aryl methyl sites for hydroxylation is 2. The Hall–Kier alpha value is -3.65. The topological polar surface area (TPSA) is 90.8 Å². The van der Waals surface area contributed by atoms with E-state index in [-0.39, 0.29) is 16.8 Å². The number of carbonyl (C=O) groups is 1.